The van der Waals surface area contributed by atoms with E-state index in [0.29, 0.717) is 0 Å². The van der Waals surface area contributed by atoms with Gasteiger partial charge in [-0.25, -0.2) is 9.97 Å². The summed E-state index contributed by atoms with van der Waals surface area (Å²) in [5.41, 5.74) is 2.14. The number of ether oxygens (including phenoxy) is 1. The van der Waals surface area contributed by atoms with Crippen molar-refractivity contribution in [1.82, 2.24) is 9.97 Å². The molecule has 0 atom stereocenters. The molecule has 2 N–H and O–H groups in total. The number of nitrogens with zero attached hydrogens (tertiary/aromatic N) is 2. The third-order valence-corrected chi connectivity index (χ3v) is 4.21. The van der Waals surface area contributed by atoms with Gasteiger partial charge in [0, 0.05) is 22.8 Å². The summed E-state index contributed by atoms with van der Waals surface area (Å²) in [7, 11) is 1.69. The van der Waals surface area contributed by atoms with E-state index in [0.717, 1.165) is 40.5 Å². The number of benzene rings is 2. The summed E-state index contributed by atoms with van der Waals surface area (Å²) >= 11 is 3.43. The molecule has 128 valence electrons. The summed E-state index contributed by atoms with van der Waals surface area (Å²) in [5.74, 6) is 2.44. The van der Waals surface area contributed by atoms with Gasteiger partial charge in [-0.1, -0.05) is 34.1 Å². The Balaban J connectivity index is 1.59. The lowest BCUT2D eigenvalue weighted by Gasteiger charge is -2.10. The highest BCUT2D eigenvalue weighted by Crippen LogP contribution is 2.20. The topological polar surface area (TPSA) is 59.1 Å². The molecule has 0 amide bonds. The zero-order valence-electron chi connectivity index (χ0n) is 13.9. The quantitative estimate of drug-likeness (QED) is 0.606. The molecule has 0 bridgehead atoms. The van der Waals surface area contributed by atoms with Crippen LogP contribution in [0, 0.1) is 0 Å². The van der Waals surface area contributed by atoms with Crippen LogP contribution >= 0.6 is 15.9 Å². The van der Waals surface area contributed by atoms with Gasteiger partial charge < -0.3 is 15.4 Å². The van der Waals surface area contributed by atoms with Crippen molar-refractivity contribution in [1.29, 1.82) is 0 Å². The van der Waals surface area contributed by atoms with Crippen LogP contribution in [0.1, 0.15) is 5.56 Å². The molecule has 5 nitrogen and oxygen atoms in total. The average Bonchev–Trinajstić information content (AvgIpc) is 2.64. The first kappa shape index (κ1) is 17.2. The molecule has 1 heterocycles. The monoisotopic (exact) mass is 398 g/mol. The van der Waals surface area contributed by atoms with E-state index in [2.05, 4.69) is 42.6 Å². The Morgan fingerprint density at radius 3 is 2.56 bits per heavy atom. The molecule has 1 aromatic heterocycles. The fraction of sp³-hybridized carbons (Fsp3) is 0.158. The number of nitrogens with one attached hydrogen (secondary N) is 2. The van der Waals surface area contributed by atoms with Gasteiger partial charge in [0.2, 0.25) is 0 Å². The van der Waals surface area contributed by atoms with Crippen molar-refractivity contribution in [3.8, 4) is 5.75 Å². The van der Waals surface area contributed by atoms with Crippen LogP contribution in [0.4, 0.5) is 17.3 Å². The van der Waals surface area contributed by atoms with Crippen LogP contribution in [0.2, 0.25) is 0 Å². The molecule has 2 aromatic carbocycles. The van der Waals surface area contributed by atoms with Gasteiger partial charge in [0.25, 0.3) is 0 Å². The summed E-state index contributed by atoms with van der Waals surface area (Å²) < 4.78 is 6.42. The Morgan fingerprint density at radius 1 is 1.00 bits per heavy atom. The van der Waals surface area contributed by atoms with E-state index in [9.17, 15) is 0 Å². The first-order valence-corrected chi connectivity index (χ1v) is 8.74. The lowest BCUT2D eigenvalue weighted by molar-refractivity contribution is 0.410. The van der Waals surface area contributed by atoms with E-state index < -0.39 is 0 Å². The van der Waals surface area contributed by atoms with E-state index in [1.807, 2.05) is 48.5 Å². The summed E-state index contributed by atoms with van der Waals surface area (Å²) in [5, 5.41) is 6.59. The summed E-state index contributed by atoms with van der Waals surface area (Å²) in [6, 6.07) is 17.9. The maximum atomic E-state index is 5.38. The van der Waals surface area contributed by atoms with Crippen molar-refractivity contribution in [3.05, 3.63) is 71.0 Å². The Morgan fingerprint density at radius 2 is 1.76 bits per heavy atom. The first-order chi connectivity index (χ1) is 12.2. The third kappa shape index (κ3) is 4.93. The molecule has 0 spiro atoms. The van der Waals surface area contributed by atoms with E-state index in [1.54, 1.807) is 13.4 Å². The van der Waals surface area contributed by atoms with Gasteiger partial charge in [-0.05, 0) is 42.3 Å². The van der Waals surface area contributed by atoms with Gasteiger partial charge in [0.05, 0.1) is 7.11 Å². The number of rotatable bonds is 7. The summed E-state index contributed by atoms with van der Waals surface area (Å²) in [6.07, 6.45) is 2.40. The van der Waals surface area contributed by atoms with Gasteiger partial charge in [0.1, 0.15) is 23.7 Å². The first-order valence-electron chi connectivity index (χ1n) is 7.95. The Hall–Kier alpha value is -2.60. The number of hydrogen-bond donors (Lipinski definition) is 2. The van der Waals surface area contributed by atoms with Crippen molar-refractivity contribution < 1.29 is 4.74 Å². The second kappa shape index (κ2) is 8.48. The van der Waals surface area contributed by atoms with Crippen LogP contribution < -0.4 is 15.4 Å². The normalized spacial score (nSPS) is 10.3. The molecule has 3 aromatic rings. The number of methoxy groups -OCH3 is 1. The highest BCUT2D eigenvalue weighted by atomic mass is 79.9. The maximum Gasteiger partial charge on any atom is 0.135 e. The number of hydrogen-bond acceptors (Lipinski definition) is 5. The summed E-state index contributed by atoms with van der Waals surface area (Å²) in [4.78, 5) is 8.52. The van der Waals surface area contributed by atoms with Gasteiger partial charge >= 0.3 is 0 Å². The molecule has 0 saturated carbocycles. The van der Waals surface area contributed by atoms with Crippen LogP contribution in [0.25, 0.3) is 0 Å². The second-order valence-corrected chi connectivity index (χ2v) is 6.32. The third-order valence-electron chi connectivity index (χ3n) is 3.68. The molecule has 3 rings (SSSR count). The van der Waals surface area contributed by atoms with Crippen molar-refractivity contribution >= 4 is 33.3 Å². The maximum absolute atomic E-state index is 5.38. The Labute approximate surface area is 155 Å². The fourth-order valence-electron chi connectivity index (χ4n) is 2.44. The average molecular weight is 399 g/mol. The zero-order valence-corrected chi connectivity index (χ0v) is 15.5. The highest BCUT2D eigenvalue weighted by Gasteiger charge is 2.03. The predicted molar refractivity (Wildman–Crippen MR) is 105 cm³/mol. The number of aromatic nitrogens is 2. The van der Waals surface area contributed by atoms with Gasteiger partial charge in [-0.15, -0.1) is 0 Å². The van der Waals surface area contributed by atoms with Crippen molar-refractivity contribution in [3.63, 3.8) is 0 Å². The Bertz CT molecular complexity index is 824. The molecule has 6 heteroatoms. The molecule has 0 aliphatic carbocycles. The minimum atomic E-state index is 0.747. The van der Waals surface area contributed by atoms with Gasteiger partial charge in [-0.3, -0.25) is 0 Å². The van der Waals surface area contributed by atoms with Gasteiger partial charge in [-0.2, -0.15) is 0 Å². The molecular weight excluding hydrogens is 380 g/mol. The SMILES string of the molecule is COc1ccccc1CCNc1cc(Nc2ccc(Br)cc2)ncn1. The molecule has 25 heavy (non-hydrogen) atoms. The molecule has 0 radical (unpaired) electrons. The highest BCUT2D eigenvalue weighted by molar-refractivity contribution is 9.10. The molecule has 0 unspecified atom stereocenters. The van der Waals surface area contributed by atoms with Crippen LogP contribution in [0.5, 0.6) is 5.75 Å². The smallest absolute Gasteiger partial charge is 0.135 e. The van der Waals surface area contributed by atoms with Crippen LogP contribution in [-0.4, -0.2) is 23.6 Å². The molecule has 0 fully saturated rings. The molecule has 0 aliphatic rings. The standard InChI is InChI=1S/C19H19BrN4O/c1-25-17-5-3-2-4-14(17)10-11-21-18-12-19(23-13-22-18)24-16-8-6-15(20)7-9-16/h2-9,12-13H,10-11H2,1H3,(H2,21,22,23,24). The lowest BCUT2D eigenvalue weighted by Crippen LogP contribution is -2.08. The largest absolute Gasteiger partial charge is 0.496 e. The van der Waals surface area contributed by atoms with Crippen molar-refractivity contribution in [2.75, 3.05) is 24.3 Å². The van der Waals surface area contributed by atoms with E-state index in [4.69, 9.17) is 4.74 Å². The van der Waals surface area contributed by atoms with E-state index in [1.165, 1.54) is 5.56 Å². The second-order valence-electron chi connectivity index (χ2n) is 5.41. The molecule has 0 aliphatic heterocycles. The Kier molecular flexibility index (Phi) is 5.85. The predicted octanol–water partition coefficient (Wildman–Crippen LogP) is 4.65. The summed E-state index contributed by atoms with van der Waals surface area (Å²) in [6.45, 7) is 0.759. The van der Waals surface area contributed by atoms with E-state index >= 15 is 0 Å². The van der Waals surface area contributed by atoms with Crippen LogP contribution in [0.15, 0.2) is 65.4 Å². The number of halogens is 1. The fourth-order valence-corrected chi connectivity index (χ4v) is 2.70. The van der Waals surface area contributed by atoms with Crippen LogP contribution in [-0.2, 0) is 6.42 Å². The lowest BCUT2D eigenvalue weighted by atomic mass is 10.1. The van der Waals surface area contributed by atoms with Crippen molar-refractivity contribution in [2.45, 2.75) is 6.42 Å². The zero-order chi connectivity index (χ0) is 17.5. The van der Waals surface area contributed by atoms with E-state index in [-0.39, 0.29) is 0 Å². The van der Waals surface area contributed by atoms with Gasteiger partial charge in [0.15, 0.2) is 0 Å². The number of para-hydroxylation sites is 1. The minimum absolute atomic E-state index is 0.747. The molecule has 0 saturated heterocycles. The minimum Gasteiger partial charge on any atom is -0.496 e. The molecular formula is C19H19BrN4O. The van der Waals surface area contributed by atoms with Crippen LogP contribution in [0.3, 0.4) is 0 Å². The van der Waals surface area contributed by atoms with Crippen molar-refractivity contribution in [2.24, 2.45) is 0 Å². The number of anilines is 3.